The SMILES string of the molecule is CC(C)N(CC(N)=NO)Cc1cccc(O)c1. The molecule has 0 unspecified atom stereocenters. The van der Waals surface area contributed by atoms with E-state index in [4.69, 9.17) is 10.9 Å². The zero-order chi connectivity index (χ0) is 12.8. The van der Waals surface area contributed by atoms with Gasteiger partial charge in [-0.1, -0.05) is 17.3 Å². The maximum Gasteiger partial charge on any atom is 0.153 e. The molecule has 0 aliphatic rings. The molecule has 0 aliphatic heterocycles. The normalized spacial score (nSPS) is 12.4. The van der Waals surface area contributed by atoms with Crippen molar-refractivity contribution in [3.8, 4) is 5.75 Å². The zero-order valence-corrected chi connectivity index (χ0v) is 10.2. The van der Waals surface area contributed by atoms with Gasteiger partial charge in [0.1, 0.15) is 5.75 Å². The van der Waals surface area contributed by atoms with Gasteiger partial charge in [0, 0.05) is 12.6 Å². The summed E-state index contributed by atoms with van der Waals surface area (Å²) in [6.07, 6.45) is 0. The summed E-state index contributed by atoms with van der Waals surface area (Å²) in [6.45, 7) is 5.10. The molecule has 5 heteroatoms. The van der Waals surface area contributed by atoms with Crippen molar-refractivity contribution in [3.05, 3.63) is 29.8 Å². The minimum Gasteiger partial charge on any atom is -0.508 e. The van der Waals surface area contributed by atoms with Crippen LogP contribution in [0.1, 0.15) is 19.4 Å². The number of nitrogens with two attached hydrogens (primary N) is 1. The van der Waals surface area contributed by atoms with E-state index >= 15 is 0 Å². The van der Waals surface area contributed by atoms with Crippen molar-refractivity contribution in [1.29, 1.82) is 0 Å². The second kappa shape index (κ2) is 6.10. The third kappa shape index (κ3) is 4.32. The Hall–Kier alpha value is -1.75. The lowest BCUT2D eigenvalue weighted by molar-refractivity contribution is 0.238. The average Bonchev–Trinajstić information content (AvgIpc) is 2.27. The van der Waals surface area contributed by atoms with Crippen molar-refractivity contribution in [3.63, 3.8) is 0 Å². The summed E-state index contributed by atoms with van der Waals surface area (Å²) in [5.74, 6) is 0.425. The Morgan fingerprint density at radius 1 is 1.47 bits per heavy atom. The van der Waals surface area contributed by atoms with Crippen LogP contribution in [0.4, 0.5) is 0 Å². The largest absolute Gasteiger partial charge is 0.508 e. The van der Waals surface area contributed by atoms with E-state index in [0.717, 1.165) is 5.56 Å². The lowest BCUT2D eigenvalue weighted by atomic mass is 10.2. The molecule has 0 atom stereocenters. The molecule has 0 saturated carbocycles. The van der Waals surface area contributed by atoms with E-state index in [9.17, 15) is 5.11 Å². The lowest BCUT2D eigenvalue weighted by Crippen LogP contribution is -2.38. The minimum atomic E-state index is 0.179. The molecule has 0 aromatic heterocycles. The van der Waals surface area contributed by atoms with Crippen LogP contribution in [0.5, 0.6) is 5.75 Å². The predicted molar refractivity (Wildman–Crippen MR) is 67.1 cm³/mol. The number of aromatic hydroxyl groups is 1. The van der Waals surface area contributed by atoms with E-state index in [-0.39, 0.29) is 17.6 Å². The number of hydrogen-bond acceptors (Lipinski definition) is 4. The molecule has 0 amide bonds. The Labute approximate surface area is 101 Å². The molecule has 4 N–H and O–H groups in total. The molecule has 1 aromatic rings. The summed E-state index contributed by atoms with van der Waals surface area (Å²) in [7, 11) is 0. The van der Waals surface area contributed by atoms with Crippen LogP contribution in [0.3, 0.4) is 0 Å². The van der Waals surface area contributed by atoms with E-state index in [0.29, 0.717) is 13.1 Å². The first-order valence-corrected chi connectivity index (χ1v) is 5.51. The third-order valence-electron chi connectivity index (χ3n) is 2.52. The van der Waals surface area contributed by atoms with Gasteiger partial charge >= 0.3 is 0 Å². The monoisotopic (exact) mass is 237 g/mol. The lowest BCUT2D eigenvalue weighted by Gasteiger charge is -2.25. The van der Waals surface area contributed by atoms with Gasteiger partial charge in [0.15, 0.2) is 5.84 Å². The summed E-state index contributed by atoms with van der Waals surface area (Å²) < 4.78 is 0. The van der Waals surface area contributed by atoms with Crippen molar-refractivity contribution in [1.82, 2.24) is 4.90 Å². The van der Waals surface area contributed by atoms with Gasteiger partial charge in [-0.05, 0) is 31.5 Å². The van der Waals surface area contributed by atoms with Gasteiger partial charge in [0.2, 0.25) is 0 Å². The highest BCUT2D eigenvalue weighted by Crippen LogP contribution is 2.14. The second-order valence-electron chi connectivity index (χ2n) is 4.26. The minimum absolute atomic E-state index is 0.179. The highest BCUT2D eigenvalue weighted by atomic mass is 16.4. The van der Waals surface area contributed by atoms with Crippen LogP contribution in [0, 0.1) is 0 Å². The summed E-state index contributed by atoms with van der Waals surface area (Å²) in [5, 5.41) is 20.9. The second-order valence-corrected chi connectivity index (χ2v) is 4.26. The molecular weight excluding hydrogens is 218 g/mol. The smallest absolute Gasteiger partial charge is 0.153 e. The Kier molecular flexibility index (Phi) is 4.78. The van der Waals surface area contributed by atoms with Crippen LogP contribution in [0.2, 0.25) is 0 Å². The number of phenolic OH excluding ortho intramolecular Hbond substituents is 1. The number of nitrogens with zero attached hydrogens (tertiary/aromatic N) is 2. The number of rotatable bonds is 5. The van der Waals surface area contributed by atoms with Crippen molar-refractivity contribution in [2.45, 2.75) is 26.4 Å². The fourth-order valence-corrected chi connectivity index (χ4v) is 1.55. The molecule has 0 aliphatic carbocycles. The van der Waals surface area contributed by atoms with E-state index in [2.05, 4.69) is 5.16 Å². The van der Waals surface area contributed by atoms with Crippen molar-refractivity contribution in [2.75, 3.05) is 6.54 Å². The van der Waals surface area contributed by atoms with Crippen LogP contribution in [-0.4, -0.2) is 33.6 Å². The standard InChI is InChI=1S/C12H19N3O2/c1-9(2)15(8-12(13)14-17)7-10-4-3-5-11(16)6-10/h3-6,9,16-17H,7-8H2,1-2H3,(H2,13,14). The van der Waals surface area contributed by atoms with Crippen LogP contribution < -0.4 is 5.73 Å². The van der Waals surface area contributed by atoms with E-state index < -0.39 is 0 Å². The fraction of sp³-hybridized carbons (Fsp3) is 0.417. The van der Waals surface area contributed by atoms with Crippen LogP contribution >= 0.6 is 0 Å². The number of hydrogen-bond donors (Lipinski definition) is 3. The van der Waals surface area contributed by atoms with Crippen molar-refractivity contribution >= 4 is 5.84 Å². The number of amidine groups is 1. The highest BCUT2D eigenvalue weighted by Gasteiger charge is 2.12. The first kappa shape index (κ1) is 13.3. The summed E-state index contributed by atoms with van der Waals surface area (Å²) in [5.41, 5.74) is 6.49. The Balaban J connectivity index is 2.73. The molecular formula is C12H19N3O2. The Bertz CT molecular complexity index is 391. The highest BCUT2D eigenvalue weighted by molar-refractivity contribution is 5.81. The first-order valence-electron chi connectivity index (χ1n) is 5.51. The molecule has 0 fully saturated rings. The van der Waals surface area contributed by atoms with Gasteiger partial charge in [-0.2, -0.15) is 0 Å². The summed E-state index contributed by atoms with van der Waals surface area (Å²) in [4.78, 5) is 2.05. The van der Waals surface area contributed by atoms with E-state index in [1.54, 1.807) is 18.2 Å². The third-order valence-corrected chi connectivity index (χ3v) is 2.52. The number of benzene rings is 1. The van der Waals surface area contributed by atoms with E-state index in [1.807, 2.05) is 24.8 Å². The number of phenols is 1. The molecule has 1 aromatic carbocycles. The molecule has 94 valence electrons. The van der Waals surface area contributed by atoms with Gasteiger partial charge in [-0.15, -0.1) is 0 Å². The molecule has 17 heavy (non-hydrogen) atoms. The topological polar surface area (TPSA) is 82.1 Å². The maximum atomic E-state index is 9.39. The molecule has 1 rings (SSSR count). The predicted octanol–water partition coefficient (Wildman–Crippen LogP) is 1.35. The van der Waals surface area contributed by atoms with Crippen LogP contribution in [-0.2, 0) is 6.54 Å². The van der Waals surface area contributed by atoms with Gasteiger partial charge in [-0.3, -0.25) is 4.90 Å². The molecule has 0 bridgehead atoms. The summed E-state index contributed by atoms with van der Waals surface area (Å²) in [6, 6.07) is 7.33. The molecule has 0 radical (unpaired) electrons. The zero-order valence-electron chi connectivity index (χ0n) is 10.2. The van der Waals surface area contributed by atoms with Gasteiger partial charge in [-0.25, -0.2) is 0 Å². The van der Waals surface area contributed by atoms with Crippen LogP contribution in [0.15, 0.2) is 29.4 Å². The van der Waals surface area contributed by atoms with Crippen LogP contribution in [0.25, 0.3) is 0 Å². The van der Waals surface area contributed by atoms with E-state index in [1.165, 1.54) is 0 Å². The first-order chi connectivity index (χ1) is 8.02. The average molecular weight is 237 g/mol. The molecule has 0 spiro atoms. The Morgan fingerprint density at radius 2 is 2.18 bits per heavy atom. The van der Waals surface area contributed by atoms with Gasteiger partial charge in [0.25, 0.3) is 0 Å². The molecule has 0 saturated heterocycles. The molecule has 0 heterocycles. The quantitative estimate of drug-likeness (QED) is 0.312. The molecule has 5 nitrogen and oxygen atoms in total. The number of oxime groups is 1. The fourth-order valence-electron chi connectivity index (χ4n) is 1.55. The van der Waals surface area contributed by atoms with Gasteiger partial charge in [0.05, 0.1) is 6.54 Å². The maximum absolute atomic E-state index is 9.39. The van der Waals surface area contributed by atoms with Crippen molar-refractivity contribution < 1.29 is 10.3 Å². The summed E-state index contributed by atoms with van der Waals surface area (Å²) >= 11 is 0. The Morgan fingerprint density at radius 3 is 2.71 bits per heavy atom. The van der Waals surface area contributed by atoms with Gasteiger partial charge < -0.3 is 16.0 Å². The van der Waals surface area contributed by atoms with Crippen molar-refractivity contribution in [2.24, 2.45) is 10.9 Å².